The van der Waals surface area contributed by atoms with Crippen LogP contribution in [0.25, 0.3) is 0 Å². The van der Waals surface area contributed by atoms with Crippen molar-refractivity contribution >= 4 is 0 Å². The molecular weight excluding hydrogens is 188 g/mol. The van der Waals surface area contributed by atoms with Crippen LogP contribution in [0.1, 0.15) is 19.3 Å². The Morgan fingerprint density at radius 1 is 1.33 bits per heavy atom. The normalized spacial score (nSPS) is 36.8. The lowest BCUT2D eigenvalue weighted by atomic mass is 9.78. The molecule has 2 aliphatic rings. The lowest BCUT2D eigenvalue weighted by Gasteiger charge is -2.43. The third kappa shape index (κ3) is 2.52. The van der Waals surface area contributed by atoms with E-state index in [1.807, 2.05) is 7.11 Å². The van der Waals surface area contributed by atoms with E-state index in [0.29, 0.717) is 0 Å². The van der Waals surface area contributed by atoms with Gasteiger partial charge in [0, 0.05) is 19.7 Å². The number of rotatable bonds is 5. The number of hydrogen-bond donors (Lipinski definition) is 1. The third-order valence-corrected chi connectivity index (χ3v) is 4.03. The summed E-state index contributed by atoms with van der Waals surface area (Å²) in [6, 6.07) is 0.860. The fourth-order valence-corrected chi connectivity index (χ4v) is 3.07. The Kier molecular flexibility index (Phi) is 4.00. The average Bonchev–Trinajstić information content (AvgIpc) is 2.61. The summed E-state index contributed by atoms with van der Waals surface area (Å²) in [6.07, 6.45) is 4.15. The number of ether oxygens (including phenoxy) is 1. The molecule has 1 aliphatic heterocycles. The highest BCUT2D eigenvalue weighted by Gasteiger charge is 2.37. The van der Waals surface area contributed by atoms with Crippen molar-refractivity contribution < 1.29 is 4.74 Å². The maximum absolute atomic E-state index is 5.24. The number of likely N-dealkylation sites (tertiary alicyclic amines) is 1. The van der Waals surface area contributed by atoms with Gasteiger partial charge in [-0.1, -0.05) is 0 Å². The summed E-state index contributed by atoms with van der Waals surface area (Å²) in [6.45, 7) is 4.69. The summed E-state index contributed by atoms with van der Waals surface area (Å²) in [5.74, 6) is 1.68. The van der Waals surface area contributed by atoms with Gasteiger partial charge in [0.15, 0.2) is 0 Å². The molecule has 15 heavy (non-hydrogen) atoms. The molecular formula is C12H24N2O. The van der Waals surface area contributed by atoms with Crippen LogP contribution in [0.3, 0.4) is 0 Å². The van der Waals surface area contributed by atoms with Crippen molar-refractivity contribution in [2.45, 2.75) is 25.3 Å². The summed E-state index contributed by atoms with van der Waals surface area (Å²) in [7, 11) is 3.88. The molecule has 0 amide bonds. The van der Waals surface area contributed by atoms with Gasteiger partial charge in [0.1, 0.15) is 0 Å². The van der Waals surface area contributed by atoms with Gasteiger partial charge in [0.2, 0.25) is 0 Å². The molecule has 3 atom stereocenters. The number of hydrogen-bond acceptors (Lipinski definition) is 3. The number of nitrogens with zero attached hydrogens (tertiary/aromatic N) is 1. The van der Waals surface area contributed by atoms with Crippen LogP contribution in [-0.2, 0) is 4.74 Å². The zero-order valence-electron chi connectivity index (χ0n) is 10.0. The molecule has 1 aliphatic carbocycles. The molecule has 88 valence electrons. The van der Waals surface area contributed by atoms with Crippen LogP contribution >= 0.6 is 0 Å². The molecule has 0 spiro atoms. The van der Waals surface area contributed by atoms with Gasteiger partial charge in [0.25, 0.3) is 0 Å². The highest BCUT2D eigenvalue weighted by Crippen LogP contribution is 2.34. The Morgan fingerprint density at radius 2 is 2.20 bits per heavy atom. The number of nitrogens with one attached hydrogen (secondary N) is 1. The maximum Gasteiger partial charge on any atom is 0.0503 e. The van der Waals surface area contributed by atoms with Crippen molar-refractivity contribution in [1.82, 2.24) is 10.2 Å². The molecule has 0 aromatic heterocycles. The first-order valence-corrected chi connectivity index (χ1v) is 6.22. The van der Waals surface area contributed by atoms with Crippen molar-refractivity contribution in [1.29, 1.82) is 0 Å². The lowest BCUT2D eigenvalue weighted by molar-refractivity contribution is 0.0736. The smallest absolute Gasteiger partial charge is 0.0503 e. The fourth-order valence-electron chi connectivity index (χ4n) is 3.07. The molecule has 1 saturated carbocycles. The first kappa shape index (κ1) is 11.4. The largest absolute Gasteiger partial charge is 0.384 e. The summed E-state index contributed by atoms with van der Waals surface area (Å²) < 4.78 is 5.24. The molecule has 1 saturated heterocycles. The molecule has 3 heteroatoms. The molecule has 1 heterocycles. The predicted octanol–water partition coefficient (Wildman–Crippen LogP) is 0.953. The maximum atomic E-state index is 5.24. The molecule has 3 nitrogen and oxygen atoms in total. The zero-order chi connectivity index (χ0) is 10.7. The second-order valence-electron chi connectivity index (χ2n) is 5.07. The van der Waals surface area contributed by atoms with Crippen LogP contribution in [0.15, 0.2) is 0 Å². The zero-order valence-corrected chi connectivity index (χ0v) is 10.0. The minimum absolute atomic E-state index is 0.783. The van der Waals surface area contributed by atoms with Gasteiger partial charge >= 0.3 is 0 Å². The summed E-state index contributed by atoms with van der Waals surface area (Å²) in [5.41, 5.74) is 0. The van der Waals surface area contributed by atoms with E-state index < -0.39 is 0 Å². The van der Waals surface area contributed by atoms with Gasteiger partial charge < -0.3 is 10.1 Å². The Bertz CT molecular complexity index is 198. The van der Waals surface area contributed by atoms with E-state index in [2.05, 4.69) is 17.3 Å². The van der Waals surface area contributed by atoms with Crippen LogP contribution in [0.2, 0.25) is 0 Å². The van der Waals surface area contributed by atoms with E-state index in [9.17, 15) is 0 Å². The van der Waals surface area contributed by atoms with E-state index in [4.69, 9.17) is 4.74 Å². The van der Waals surface area contributed by atoms with Gasteiger partial charge in [-0.2, -0.15) is 0 Å². The van der Waals surface area contributed by atoms with Gasteiger partial charge in [-0.3, -0.25) is 4.90 Å². The van der Waals surface area contributed by atoms with Crippen molar-refractivity contribution in [3.8, 4) is 0 Å². The van der Waals surface area contributed by atoms with E-state index in [1.165, 1.54) is 38.9 Å². The van der Waals surface area contributed by atoms with E-state index in [0.717, 1.165) is 24.5 Å². The van der Waals surface area contributed by atoms with E-state index in [1.54, 1.807) is 0 Å². The molecule has 0 aromatic carbocycles. The van der Waals surface area contributed by atoms with Crippen molar-refractivity contribution in [2.75, 3.05) is 40.4 Å². The molecule has 2 fully saturated rings. The molecule has 0 radical (unpaired) electrons. The molecule has 0 aromatic rings. The van der Waals surface area contributed by atoms with Crippen molar-refractivity contribution in [2.24, 2.45) is 11.8 Å². The molecule has 0 bridgehead atoms. The van der Waals surface area contributed by atoms with Crippen LogP contribution in [0, 0.1) is 11.8 Å². The Morgan fingerprint density at radius 3 is 2.80 bits per heavy atom. The van der Waals surface area contributed by atoms with Gasteiger partial charge in [-0.05, 0) is 51.2 Å². The standard InChI is InChI=1S/C12H24N2O/c1-13-7-11-3-4-12(11)14-6-5-10(8-14)9-15-2/h10-13H,3-9H2,1-2H3. The molecule has 1 N–H and O–H groups in total. The average molecular weight is 212 g/mol. The Labute approximate surface area is 93.2 Å². The van der Waals surface area contributed by atoms with Crippen molar-refractivity contribution in [3.63, 3.8) is 0 Å². The van der Waals surface area contributed by atoms with E-state index in [-0.39, 0.29) is 0 Å². The monoisotopic (exact) mass is 212 g/mol. The van der Waals surface area contributed by atoms with Crippen LogP contribution in [-0.4, -0.2) is 51.3 Å². The van der Waals surface area contributed by atoms with Crippen LogP contribution in [0.5, 0.6) is 0 Å². The van der Waals surface area contributed by atoms with Gasteiger partial charge in [-0.25, -0.2) is 0 Å². The van der Waals surface area contributed by atoms with Gasteiger partial charge in [-0.15, -0.1) is 0 Å². The summed E-state index contributed by atoms with van der Waals surface area (Å²) >= 11 is 0. The first-order valence-electron chi connectivity index (χ1n) is 6.22. The summed E-state index contributed by atoms with van der Waals surface area (Å²) in [5, 5.41) is 3.31. The van der Waals surface area contributed by atoms with Crippen LogP contribution in [0.4, 0.5) is 0 Å². The highest BCUT2D eigenvalue weighted by molar-refractivity contribution is 4.92. The quantitative estimate of drug-likeness (QED) is 0.734. The topological polar surface area (TPSA) is 24.5 Å². The second kappa shape index (κ2) is 5.28. The van der Waals surface area contributed by atoms with Crippen molar-refractivity contribution in [3.05, 3.63) is 0 Å². The van der Waals surface area contributed by atoms with Gasteiger partial charge in [0.05, 0.1) is 6.61 Å². The fraction of sp³-hybridized carbons (Fsp3) is 1.00. The SMILES string of the molecule is CNCC1CCC1N1CCC(COC)C1. The predicted molar refractivity (Wildman–Crippen MR) is 62.0 cm³/mol. The van der Waals surface area contributed by atoms with E-state index >= 15 is 0 Å². The second-order valence-corrected chi connectivity index (χ2v) is 5.07. The third-order valence-electron chi connectivity index (χ3n) is 4.03. The molecule has 3 unspecified atom stereocenters. The summed E-state index contributed by atoms with van der Waals surface area (Å²) in [4.78, 5) is 2.69. The Hall–Kier alpha value is -0.120. The number of methoxy groups -OCH3 is 1. The highest BCUT2D eigenvalue weighted by atomic mass is 16.5. The van der Waals surface area contributed by atoms with Crippen LogP contribution < -0.4 is 5.32 Å². The lowest BCUT2D eigenvalue weighted by Crippen LogP contribution is -2.49. The Balaban J connectivity index is 1.75. The minimum Gasteiger partial charge on any atom is -0.384 e. The first-order chi connectivity index (χ1) is 7.35. The molecule has 2 rings (SSSR count). The minimum atomic E-state index is 0.783.